The smallest absolute Gasteiger partial charge is 0.203 e. The summed E-state index contributed by atoms with van der Waals surface area (Å²) in [4.78, 5) is 0. The monoisotopic (exact) mass is 344 g/mol. The first-order valence-corrected chi connectivity index (χ1v) is 7.62. The van der Waals surface area contributed by atoms with Crippen LogP contribution in [0.15, 0.2) is 30.3 Å². The van der Waals surface area contributed by atoms with Gasteiger partial charge in [-0.3, -0.25) is 5.10 Å². The van der Waals surface area contributed by atoms with Crippen molar-refractivity contribution in [1.82, 2.24) is 10.2 Å². The molecular formula is C18H20N2O5. The van der Waals surface area contributed by atoms with E-state index >= 15 is 0 Å². The van der Waals surface area contributed by atoms with Gasteiger partial charge in [0, 0.05) is 11.5 Å². The molecule has 2 N–H and O–H groups in total. The molecule has 0 saturated heterocycles. The zero-order chi connectivity index (χ0) is 18.0. The first-order chi connectivity index (χ1) is 12.1. The lowest BCUT2D eigenvalue weighted by atomic mass is 10.0. The number of ether oxygens (including phenoxy) is 4. The fourth-order valence-electron chi connectivity index (χ4n) is 2.77. The van der Waals surface area contributed by atoms with E-state index in [0.717, 1.165) is 5.39 Å². The maximum absolute atomic E-state index is 10.9. The molecule has 2 aromatic carbocycles. The number of benzene rings is 2. The number of fused-ring (bicyclic) bond motifs is 1. The summed E-state index contributed by atoms with van der Waals surface area (Å²) < 4.78 is 21.2. The molecule has 132 valence electrons. The van der Waals surface area contributed by atoms with Crippen LogP contribution < -0.4 is 18.9 Å². The maximum Gasteiger partial charge on any atom is 0.203 e. The summed E-state index contributed by atoms with van der Waals surface area (Å²) in [5.41, 5.74) is 1.88. The minimum absolute atomic E-state index is 0.472. The Labute approximate surface area is 145 Å². The van der Waals surface area contributed by atoms with Crippen molar-refractivity contribution in [2.75, 3.05) is 28.4 Å². The van der Waals surface area contributed by atoms with Gasteiger partial charge in [-0.1, -0.05) is 0 Å². The van der Waals surface area contributed by atoms with Crippen molar-refractivity contribution < 1.29 is 24.1 Å². The van der Waals surface area contributed by atoms with Gasteiger partial charge in [0.2, 0.25) is 5.75 Å². The largest absolute Gasteiger partial charge is 0.497 e. The molecule has 0 amide bonds. The molecule has 0 saturated carbocycles. The summed E-state index contributed by atoms with van der Waals surface area (Å²) >= 11 is 0. The topological polar surface area (TPSA) is 85.8 Å². The second-order valence-electron chi connectivity index (χ2n) is 5.38. The van der Waals surface area contributed by atoms with Crippen LogP contribution in [-0.4, -0.2) is 43.7 Å². The van der Waals surface area contributed by atoms with E-state index in [0.29, 0.717) is 39.8 Å². The number of aromatic nitrogens is 2. The van der Waals surface area contributed by atoms with Crippen molar-refractivity contribution >= 4 is 10.9 Å². The van der Waals surface area contributed by atoms with E-state index in [1.54, 1.807) is 25.3 Å². The van der Waals surface area contributed by atoms with Crippen molar-refractivity contribution in [3.63, 3.8) is 0 Å². The molecule has 0 bridgehead atoms. The van der Waals surface area contributed by atoms with Gasteiger partial charge in [-0.05, 0) is 29.8 Å². The van der Waals surface area contributed by atoms with Gasteiger partial charge in [-0.25, -0.2) is 0 Å². The molecule has 3 rings (SSSR count). The van der Waals surface area contributed by atoms with E-state index in [9.17, 15) is 5.11 Å². The van der Waals surface area contributed by atoms with Crippen LogP contribution in [0, 0.1) is 0 Å². The van der Waals surface area contributed by atoms with Gasteiger partial charge in [0.1, 0.15) is 11.9 Å². The number of rotatable bonds is 6. The average Bonchev–Trinajstić information content (AvgIpc) is 3.08. The normalized spacial score (nSPS) is 12.0. The van der Waals surface area contributed by atoms with Crippen molar-refractivity contribution in [3.05, 3.63) is 41.6 Å². The van der Waals surface area contributed by atoms with E-state index in [1.165, 1.54) is 21.3 Å². The predicted octanol–water partition coefficient (Wildman–Crippen LogP) is 2.68. The van der Waals surface area contributed by atoms with Gasteiger partial charge in [-0.2, -0.15) is 5.10 Å². The first-order valence-electron chi connectivity index (χ1n) is 7.62. The first kappa shape index (κ1) is 16.9. The quantitative estimate of drug-likeness (QED) is 0.715. The van der Waals surface area contributed by atoms with Gasteiger partial charge in [-0.15, -0.1) is 0 Å². The highest BCUT2D eigenvalue weighted by molar-refractivity contribution is 5.83. The molecule has 0 spiro atoms. The fraction of sp³-hybridized carbons (Fsp3) is 0.278. The van der Waals surface area contributed by atoms with Crippen molar-refractivity contribution in [1.29, 1.82) is 0 Å². The number of aliphatic hydroxyl groups excluding tert-OH is 1. The van der Waals surface area contributed by atoms with Gasteiger partial charge in [0.25, 0.3) is 0 Å². The lowest BCUT2D eigenvalue weighted by molar-refractivity contribution is 0.215. The maximum atomic E-state index is 10.9. The Morgan fingerprint density at radius 1 is 0.920 bits per heavy atom. The Hall–Kier alpha value is -2.93. The van der Waals surface area contributed by atoms with Crippen molar-refractivity contribution in [3.8, 4) is 23.0 Å². The Balaban J connectivity index is 2.07. The molecule has 0 aliphatic rings. The van der Waals surface area contributed by atoms with Gasteiger partial charge >= 0.3 is 0 Å². The van der Waals surface area contributed by atoms with Crippen molar-refractivity contribution in [2.24, 2.45) is 0 Å². The molecule has 3 aromatic rings. The van der Waals surface area contributed by atoms with Crippen LogP contribution in [0.2, 0.25) is 0 Å². The molecule has 7 nitrogen and oxygen atoms in total. The lowest BCUT2D eigenvalue weighted by Crippen LogP contribution is -2.03. The molecule has 0 radical (unpaired) electrons. The highest BCUT2D eigenvalue weighted by Crippen LogP contribution is 2.41. The third-order valence-corrected chi connectivity index (χ3v) is 4.07. The molecule has 0 aliphatic carbocycles. The summed E-state index contributed by atoms with van der Waals surface area (Å²) in [6, 6.07) is 8.90. The van der Waals surface area contributed by atoms with E-state index in [4.69, 9.17) is 18.9 Å². The summed E-state index contributed by atoms with van der Waals surface area (Å²) in [6.45, 7) is 0. The number of aromatic amines is 1. The van der Waals surface area contributed by atoms with Crippen LogP contribution in [0.25, 0.3) is 10.9 Å². The second-order valence-corrected chi connectivity index (χ2v) is 5.38. The molecule has 1 atom stereocenters. The Morgan fingerprint density at radius 2 is 1.60 bits per heavy atom. The number of hydrogen-bond acceptors (Lipinski definition) is 6. The molecular weight excluding hydrogens is 324 g/mol. The third kappa shape index (κ3) is 2.94. The predicted molar refractivity (Wildman–Crippen MR) is 92.8 cm³/mol. The summed E-state index contributed by atoms with van der Waals surface area (Å²) in [5.74, 6) is 2.12. The van der Waals surface area contributed by atoms with Gasteiger partial charge < -0.3 is 24.1 Å². The minimum atomic E-state index is -0.938. The highest BCUT2D eigenvalue weighted by Gasteiger charge is 2.21. The van der Waals surface area contributed by atoms with Crippen LogP contribution in [0.4, 0.5) is 0 Å². The number of hydrogen-bond donors (Lipinski definition) is 2. The fourth-order valence-corrected chi connectivity index (χ4v) is 2.77. The SMILES string of the molecule is COc1ccc2c(C(O)c3cc(OC)c(OC)c(OC)c3)[nH]nc2c1. The number of aliphatic hydroxyl groups is 1. The third-order valence-electron chi connectivity index (χ3n) is 4.07. The van der Waals surface area contributed by atoms with E-state index < -0.39 is 6.10 Å². The number of nitrogens with zero attached hydrogens (tertiary/aromatic N) is 1. The number of methoxy groups -OCH3 is 4. The second kappa shape index (κ2) is 6.90. The summed E-state index contributed by atoms with van der Waals surface area (Å²) in [6.07, 6.45) is -0.938. The Morgan fingerprint density at radius 3 is 2.16 bits per heavy atom. The van der Waals surface area contributed by atoms with Crippen LogP contribution in [0.5, 0.6) is 23.0 Å². The summed E-state index contributed by atoms with van der Waals surface area (Å²) in [5, 5.41) is 18.8. The average molecular weight is 344 g/mol. The standard InChI is InChI=1S/C18H20N2O5/c1-22-11-5-6-12-13(9-11)19-20-16(12)17(21)10-7-14(23-2)18(25-4)15(8-10)24-3/h5-9,17,21H,1-4H3,(H,19,20). The van der Waals surface area contributed by atoms with E-state index in [-0.39, 0.29) is 0 Å². The zero-order valence-corrected chi connectivity index (χ0v) is 14.5. The Kier molecular flexibility index (Phi) is 4.67. The zero-order valence-electron chi connectivity index (χ0n) is 14.5. The molecule has 0 fully saturated rings. The minimum Gasteiger partial charge on any atom is -0.497 e. The molecule has 1 aromatic heterocycles. The molecule has 1 unspecified atom stereocenters. The molecule has 7 heteroatoms. The van der Waals surface area contributed by atoms with E-state index in [1.807, 2.05) is 12.1 Å². The molecule has 0 aliphatic heterocycles. The van der Waals surface area contributed by atoms with Crippen LogP contribution in [0.1, 0.15) is 17.4 Å². The number of nitrogens with one attached hydrogen (secondary N) is 1. The molecule has 25 heavy (non-hydrogen) atoms. The summed E-state index contributed by atoms with van der Waals surface area (Å²) in [7, 11) is 6.20. The van der Waals surface area contributed by atoms with Crippen LogP contribution in [0.3, 0.4) is 0 Å². The van der Waals surface area contributed by atoms with Gasteiger partial charge in [0.05, 0.1) is 39.6 Å². The number of H-pyrrole nitrogens is 1. The highest BCUT2D eigenvalue weighted by atomic mass is 16.5. The van der Waals surface area contributed by atoms with E-state index in [2.05, 4.69) is 10.2 Å². The van der Waals surface area contributed by atoms with Crippen molar-refractivity contribution in [2.45, 2.75) is 6.10 Å². The molecule has 1 heterocycles. The van der Waals surface area contributed by atoms with Crippen LogP contribution in [-0.2, 0) is 0 Å². The lowest BCUT2D eigenvalue weighted by Gasteiger charge is -2.16. The van der Waals surface area contributed by atoms with Crippen LogP contribution >= 0.6 is 0 Å². The Bertz CT molecular complexity index is 865. The van der Waals surface area contributed by atoms with Gasteiger partial charge in [0.15, 0.2) is 11.5 Å².